The predicted molar refractivity (Wildman–Crippen MR) is 42.3 cm³/mol. The fourth-order valence-electron chi connectivity index (χ4n) is 0.784. The fraction of sp³-hybridized carbons (Fsp3) is 0.800. The van der Waals surface area contributed by atoms with Gasteiger partial charge in [0.2, 0.25) is 0 Å². The highest BCUT2D eigenvalue weighted by Crippen LogP contribution is 1.94. The zero-order chi connectivity index (χ0) is 6.69. The SMILES string of the molecule is Br.NC(=O)N1CCOCC1. The molecule has 0 radical (unpaired) electrons. The van der Waals surface area contributed by atoms with Gasteiger partial charge in [0.15, 0.2) is 0 Å². The molecule has 1 aliphatic rings. The third kappa shape index (κ3) is 2.53. The van der Waals surface area contributed by atoms with Crippen LogP contribution in [0, 0.1) is 0 Å². The van der Waals surface area contributed by atoms with Crippen LogP contribution in [0.2, 0.25) is 0 Å². The van der Waals surface area contributed by atoms with Crippen molar-refractivity contribution in [3.05, 3.63) is 0 Å². The molecule has 4 nitrogen and oxygen atoms in total. The summed E-state index contributed by atoms with van der Waals surface area (Å²) >= 11 is 0. The number of rotatable bonds is 0. The van der Waals surface area contributed by atoms with Crippen molar-refractivity contribution in [1.82, 2.24) is 4.90 Å². The molecule has 2 N–H and O–H groups in total. The Labute approximate surface area is 70.1 Å². The number of halogens is 1. The van der Waals surface area contributed by atoms with E-state index in [9.17, 15) is 4.79 Å². The van der Waals surface area contributed by atoms with Crippen LogP contribution in [-0.2, 0) is 4.74 Å². The topological polar surface area (TPSA) is 55.6 Å². The molecule has 1 aliphatic heterocycles. The van der Waals surface area contributed by atoms with Crippen LogP contribution in [0.1, 0.15) is 0 Å². The van der Waals surface area contributed by atoms with Crippen molar-refractivity contribution in [2.45, 2.75) is 0 Å². The molecule has 0 aliphatic carbocycles. The molecule has 1 saturated heterocycles. The highest BCUT2D eigenvalue weighted by Gasteiger charge is 2.12. The quantitative estimate of drug-likeness (QED) is 0.611. The number of nitrogens with zero attached hydrogens (tertiary/aromatic N) is 1. The molecular formula is C5H11BrN2O2. The summed E-state index contributed by atoms with van der Waals surface area (Å²) in [5.41, 5.74) is 5.00. The minimum atomic E-state index is -0.349. The molecule has 0 atom stereocenters. The number of urea groups is 1. The Kier molecular flexibility index (Phi) is 4.38. The van der Waals surface area contributed by atoms with Gasteiger partial charge in [-0.1, -0.05) is 0 Å². The fourth-order valence-corrected chi connectivity index (χ4v) is 0.784. The summed E-state index contributed by atoms with van der Waals surface area (Å²) in [7, 11) is 0. The predicted octanol–water partition coefficient (Wildman–Crippen LogP) is -0.0248. The standard InChI is InChI=1S/C5H10N2O2.BrH/c6-5(8)7-1-3-9-4-2-7;/h1-4H2,(H2,6,8);1H. The number of ether oxygens (including phenoxy) is 1. The van der Waals surface area contributed by atoms with E-state index in [1.807, 2.05) is 0 Å². The lowest BCUT2D eigenvalue weighted by molar-refractivity contribution is 0.0554. The average Bonchev–Trinajstić information content (AvgIpc) is 1.90. The van der Waals surface area contributed by atoms with E-state index in [1.165, 1.54) is 0 Å². The molecule has 0 aromatic heterocycles. The van der Waals surface area contributed by atoms with Gasteiger partial charge in [-0.25, -0.2) is 4.79 Å². The summed E-state index contributed by atoms with van der Waals surface area (Å²) in [6.45, 7) is 2.50. The molecule has 0 aromatic carbocycles. The lowest BCUT2D eigenvalue weighted by Gasteiger charge is -2.24. The molecule has 0 unspecified atom stereocenters. The monoisotopic (exact) mass is 210 g/mol. The lowest BCUT2D eigenvalue weighted by Crippen LogP contribution is -2.43. The first kappa shape index (κ1) is 9.71. The maximum atomic E-state index is 10.4. The molecule has 10 heavy (non-hydrogen) atoms. The van der Waals surface area contributed by atoms with Crippen molar-refractivity contribution in [1.29, 1.82) is 0 Å². The molecule has 1 rings (SSSR count). The normalized spacial score (nSPS) is 17.8. The van der Waals surface area contributed by atoms with E-state index in [2.05, 4.69) is 0 Å². The van der Waals surface area contributed by atoms with E-state index in [-0.39, 0.29) is 23.0 Å². The number of amides is 2. The van der Waals surface area contributed by atoms with Crippen LogP contribution >= 0.6 is 17.0 Å². The van der Waals surface area contributed by atoms with Gasteiger partial charge in [-0.2, -0.15) is 0 Å². The molecular weight excluding hydrogens is 200 g/mol. The third-order valence-corrected chi connectivity index (χ3v) is 1.32. The van der Waals surface area contributed by atoms with Crippen LogP contribution in [0.25, 0.3) is 0 Å². The Morgan fingerprint density at radius 2 is 1.90 bits per heavy atom. The van der Waals surface area contributed by atoms with Crippen LogP contribution in [0.5, 0.6) is 0 Å². The van der Waals surface area contributed by atoms with Gasteiger partial charge >= 0.3 is 6.03 Å². The minimum Gasteiger partial charge on any atom is -0.378 e. The molecule has 0 bridgehead atoms. The molecule has 0 spiro atoms. The van der Waals surface area contributed by atoms with Gasteiger partial charge in [-0.05, 0) is 0 Å². The molecule has 0 saturated carbocycles. The Morgan fingerprint density at radius 1 is 1.40 bits per heavy atom. The molecule has 60 valence electrons. The molecule has 1 fully saturated rings. The second kappa shape index (κ2) is 4.51. The van der Waals surface area contributed by atoms with E-state index in [4.69, 9.17) is 10.5 Å². The van der Waals surface area contributed by atoms with Crippen molar-refractivity contribution in [2.24, 2.45) is 5.73 Å². The van der Waals surface area contributed by atoms with Gasteiger partial charge in [-0.3, -0.25) is 0 Å². The summed E-state index contributed by atoms with van der Waals surface area (Å²) in [5, 5.41) is 0. The molecule has 0 aromatic rings. The highest BCUT2D eigenvalue weighted by molar-refractivity contribution is 8.93. The second-order valence-electron chi connectivity index (χ2n) is 1.94. The number of nitrogens with two attached hydrogens (primary N) is 1. The number of carbonyl (C=O) groups is 1. The van der Waals surface area contributed by atoms with Crippen molar-refractivity contribution in [2.75, 3.05) is 26.3 Å². The maximum absolute atomic E-state index is 10.4. The summed E-state index contributed by atoms with van der Waals surface area (Å²) in [5.74, 6) is 0. The summed E-state index contributed by atoms with van der Waals surface area (Å²) in [4.78, 5) is 12.0. The van der Waals surface area contributed by atoms with Crippen molar-refractivity contribution >= 4 is 23.0 Å². The Balaban J connectivity index is 0.000000810. The van der Waals surface area contributed by atoms with Gasteiger partial charge in [0.1, 0.15) is 0 Å². The largest absolute Gasteiger partial charge is 0.378 e. The first-order valence-electron chi connectivity index (χ1n) is 2.93. The molecule has 1 heterocycles. The van der Waals surface area contributed by atoms with Crippen LogP contribution in [0.4, 0.5) is 4.79 Å². The van der Waals surface area contributed by atoms with Crippen LogP contribution < -0.4 is 5.73 Å². The Morgan fingerprint density at radius 3 is 2.20 bits per heavy atom. The number of hydrogen-bond acceptors (Lipinski definition) is 2. The van der Waals surface area contributed by atoms with E-state index in [0.29, 0.717) is 26.3 Å². The van der Waals surface area contributed by atoms with Gasteiger partial charge in [0.25, 0.3) is 0 Å². The van der Waals surface area contributed by atoms with E-state index in [1.54, 1.807) is 4.90 Å². The lowest BCUT2D eigenvalue weighted by atomic mass is 10.4. The van der Waals surface area contributed by atoms with Gasteiger partial charge in [0.05, 0.1) is 13.2 Å². The second-order valence-corrected chi connectivity index (χ2v) is 1.94. The van der Waals surface area contributed by atoms with E-state index >= 15 is 0 Å². The molecule has 5 heteroatoms. The van der Waals surface area contributed by atoms with E-state index in [0.717, 1.165) is 0 Å². The number of morpholine rings is 1. The van der Waals surface area contributed by atoms with Gasteiger partial charge in [-0.15, -0.1) is 17.0 Å². The average molecular weight is 211 g/mol. The third-order valence-electron chi connectivity index (χ3n) is 1.32. The number of hydrogen-bond donors (Lipinski definition) is 1. The highest BCUT2D eigenvalue weighted by atomic mass is 79.9. The first-order valence-corrected chi connectivity index (χ1v) is 2.93. The van der Waals surface area contributed by atoms with Crippen LogP contribution in [0.15, 0.2) is 0 Å². The Bertz CT molecular complexity index is 114. The smallest absolute Gasteiger partial charge is 0.314 e. The van der Waals surface area contributed by atoms with Crippen molar-refractivity contribution in [3.8, 4) is 0 Å². The van der Waals surface area contributed by atoms with Gasteiger partial charge < -0.3 is 15.4 Å². The van der Waals surface area contributed by atoms with Gasteiger partial charge in [0, 0.05) is 13.1 Å². The van der Waals surface area contributed by atoms with Crippen molar-refractivity contribution < 1.29 is 9.53 Å². The first-order chi connectivity index (χ1) is 4.30. The van der Waals surface area contributed by atoms with Crippen LogP contribution in [-0.4, -0.2) is 37.2 Å². The zero-order valence-corrected chi connectivity index (χ0v) is 7.29. The molecule has 2 amide bonds. The van der Waals surface area contributed by atoms with Crippen molar-refractivity contribution in [3.63, 3.8) is 0 Å². The maximum Gasteiger partial charge on any atom is 0.314 e. The minimum absolute atomic E-state index is 0. The summed E-state index contributed by atoms with van der Waals surface area (Å²) in [6.07, 6.45) is 0. The number of carbonyl (C=O) groups excluding carboxylic acids is 1. The summed E-state index contributed by atoms with van der Waals surface area (Å²) < 4.78 is 5.00. The number of primary amides is 1. The zero-order valence-electron chi connectivity index (χ0n) is 5.58. The summed E-state index contributed by atoms with van der Waals surface area (Å²) in [6, 6.07) is -0.349. The van der Waals surface area contributed by atoms with E-state index < -0.39 is 0 Å². The van der Waals surface area contributed by atoms with Crippen LogP contribution in [0.3, 0.4) is 0 Å². The Hall–Kier alpha value is -0.290.